The molecular weight excluding hydrogens is 350 g/mol. The van der Waals surface area contributed by atoms with Crippen LogP contribution in [0.15, 0.2) is 48.5 Å². The minimum Gasteiger partial charge on any atom is -0.493 e. The molecule has 1 fully saturated rings. The van der Waals surface area contributed by atoms with E-state index in [4.69, 9.17) is 9.47 Å². The average molecular weight is 377 g/mol. The number of H-pyrrole nitrogens is 1. The van der Waals surface area contributed by atoms with Crippen LogP contribution in [0.2, 0.25) is 0 Å². The fraction of sp³-hybridized carbons (Fsp3) is 0.348. The van der Waals surface area contributed by atoms with Crippen molar-refractivity contribution in [1.29, 1.82) is 0 Å². The van der Waals surface area contributed by atoms with Gasteiger partial charge in [0.15, 0.2) is 11.5 Å². The summed E-state index contributed by atoms with van der Waals surface area (Å²) >= 11 is 0. The Balaban J connectivity index is 1.41. The Morgan fingerprint density at radius 1 is 1.04 bits per heavy atom. The summed E-state index contributed by atoms with van der Waals surface area (Å²) in [5.74, 6) is 2.05. The zero-order chi connectivity index (χ0) is 19.5. The van der Waals surface area contributed by atoms with Crippen molar-refractivity contribution in [2.75, 3.05) is 27.3 Å². The largest absolute Gasteiger partial charge is 0.493 e. The van der Waals surface area contributed by atoms with Gasteiger partial charge in [0.05, 0.1) is 19.9 Å². The molecule has 4 rings (SSSR count). The highest BCUT2D eigenvalue weighted by Gasteiger charge is 2.25. The van der Waals surface area contributed by atoms with Crippen molar-refractivity contribution < 1.29 is 9.47 Å². The van der Waals surface area contributed by atoms with Gasteiger partial charge in [-0.2, -0.15) is 5.10 Å². The molecule has 146 valence electrons. The molecule has 1 atom stereocenters. The van der Waals surface area contributed by atoms with Gasteiger partial charge in [0.2, 0.25) is 0 Å². The lowest BCUT2D eigenvalue weighted by molar-refractivity contribution is 0.323. The van der Waals surface area contributed by atoms with Crippen LogP contribution in [0.3, 0.4) is 0 Å². The van der Waals surface area contributed by atoms with E-state index in [1.165, 1.54) is 16.8 Å². The van der Waals surface area contributed by atoms with E-state index in [0.29, 0.717) is 5.92 Å². The number of rotatable bonds is 6. The number of benzene rings is 2. The van der Waals surface area contributed by atoms with E-state index in [-0.39, 0.29) is 0 Å². The maximum atomic E-state index is 5.43. The quantitative estimate of drug-likeness (QED) is 0.692. The number of methoxy groups -OCH3 is 2. The molecule has 1 aromatic heterocycles. The number of aromatic amines is 1. The minimum absolute atomic E-state index is 0.492. The summed E-state index contributed by atoms with van der Waals surface area (Å²) in [6, 6.07) is 16.9. The summed E-state index contributed by atoms with van der Waals surface area (Å²) in [7, 11) is 3.34. The summed E-state index contributed by atoms with van der Waals surface area (Å²) < 4.78 is 10.8. The molecular formula is C23H27N3O2. The van der Waals surface area contributed by atoms with Crippen LogP contribution in [0.25, 0.3) is 11.3 Å². The topological polar surface area (TPSA) is 50.4 Å². The van der Waals surface area contributed by atoms with Gasteiger partial charge in [0.25, 0.3) is 0 Å². The number of hydrogen-bond acceptors (Lipinski definition) is 4. The van der Waals surface area contributed by atoms with E-state index in [1.54, 1.807) is 14.2 Å². The molecule has 1 unspecified atom stereocenters. The molecule has 1 saturated heterocycles. The van der Waals surface area contributed by atoms with Gasteiger partial charge in [0.1, 0.15) is 0 Å². The lowest BCUT2D eigenvalue weighted by Gasteiger charge is -2.17. The highest BCUT2D eigenvalue weighted by atomic mass is 16.5. The predicted molar refractivity (Wildman–Crippen MR) is 111 cm³/mol. The monoisotopic (exact) mass is 377 g/mol. The summed E-state index contributed by atoms with van der Waals surface area (Å²) in [5, 5.41) is 7.80. The minimum atomic E-state index is 0.492. The van der Waals surface area contributed by atoms with Crippen LogP contribution in [0, 0.1) is 6.92 Å². The molecule has 0 spiro atoms. The normalized spacial score (nSPS) is 17.0. The Morgan fingerprint density at radius 2 is 1.82 bits per heavy atom. The van der Waals surface area contributed by atoms with Gasteiger partial charge in [-0.15, -0.1) is 0 Å². The highest BCUT2D eigenvalue weighted by molar-refractivity contribution is 5.59. The lowest BCUT2D eigenvalue weighted by atomic mass is 10.0. The lowest BCUT2D eigenvalue weighted by Crippen LogP contribution is -2.19. The molecule has 0 amide bonds. The third-order valence-electron chi connectivity index (χ3n) is 5.51. The van der Waals surface area contributed by atoms with E-state index in [1.807, 2.05) is 6.07 Å². The van der Waals surface area contributed by atoms with E-state index in [0.717, 1.165) is 48.8 Å². The smallest absolute Gasteiger partial charge is 0.161 e. The van der Waals surface area contributed by atoms with Crippen LogP contribution in [0.1, 0.15) is 29.2 Å². The number of aryl methyl sites for hydroxylation is 1. The second kappa shape index (κ2) is 8.07. The third kappa shape index (κ3) is 3.90. The van der Waals surface area contributed by atoms with Crippen molar-refractivity contribution in [1.82, 2.24) is 15.1 Å². The third-order valence-corrected chi connectivity index (χ3v) is 5.51. The second-order valence-corrected chi connectivity index (χ2v) is 7.48. The second-order valence-electron chi connectivity index (χ2n) is 7.48. The Hall–Kier alpha value is -2.79. The van der Waals surface area contributed by atoms with Crippen molar-refractivity contribution >= 4 is 0 Å². The van der Waals surface area contributed by atoms with Gasteiger partial charge in [-0.3, -0.25) is 10.00 Å². The van der Waals surface area contributed by atoms with E-state index in [9.17, 15) is 0 Å². The standard InChI is InChI=1S/C23H27N3O2/c1-16-4-7-18(8-5-16)20-13-21(25-24-20)19-10-11-26(15-19)14-17-6-9-22(27-2)23(12-17)28-3/h4-9,12-13,19H,10-11,14-15H2,1-3H3,(H,24,25). The van der Waals surface area contributed by atoms with Crippen molar-refractivity contribution in [2.45, 2.75) is 25.8 Å². The zero-order valence-electron chi connectivity index (χ0n) is 16.7. The molecule has 3 aromatic rings. The van der Waals surface area contributed by atoms with Gasteiger partial charge in [-0.1, -0.05) is 35.9 Å². The molecule has 28 heavy (non-hydrogen) atoms. The SMILES string of the molecule is COc1ccc(CN2CCC(c3cc(-c4ccc(C)cc4)n[nH]3)C2)cc1OC. The molecule has 2 heterocycles. The van der Waals surface area contributed by atoms with Gasteiger partial charge in [0, 0.05) is 30.3 Å². The van der Waals surface area contributed by atoms with Crippen LogP contribution in [0.5, 0.6) is 11.5 Å². The molecule has 0 saturated carbocycles. The van der Waals surface area contributed by atoms with Crippen molar-refractivity contribution in [2.24, 2.45) is 0 Å². The molecule has 5 nitrogen and oxygen atoms in total. The molecule has 0 aliphatic carbocycles. The molecule has 1 N–H and O–H groups in total. The Bertz CT molecular complexity index is 933. The van der Waals surface area contributed by atoms with Gasteiger partial charge >= 0.3 is 0 Å². The zero-order valence-corrected chi connectivity index (χ0v) is 16.7. The maximum Gasteiger partial charge on any atom is 0.161 e. The highest BCUT2D eigenvalue weighted by Crippen LogP contribution is 2.32. The molecule has 0 bridgehead atoms. The van der Waals surface area contributed by atoms with E-state index < -0.39 is 0 Å². The number of ether oxygens (including phenoxy) is 2. The molecule has 2 aromatic carbocycles. The van der Waals surface area contributed by atoms with Crippen LogP contribution in [0.4, 0.5) is 0 Å². The summed E-state index contributed by atoms with van der Waals surface area (Å²) in [6.45, 7) is 5.13. The summed E-state index contributed by atoms with van der Waals surface area (Å²) in [4.78, 5) is 2.48. The summed E-state index contributed by atoms with van der Waals surface area (Å²) in [5.41, 5.74) is 5.91. The number of nitrogens with zero attached hydrogens (tertiary/aromatic N) is 2. The first-order chi connectivity index (χ1) is 13.7. The number of hydrogen-bond donors (Lipinski definition) is 1. The maximum absolute atomic E-state index is 5.43. The first-order valence-electron chi connectivity index (χ1n) is 9.72. The first kappa shape index (κ1) is 18.6. The van der Waals surface area contributed by atoms with Crippen LogP contribution < -0.4 is 9.47 Å². The number of nitrogens with one attached hydrogen (secondary N) is 1. The Labute approximate surface area is 166 Å². The van der Waals surface area contributed by atoms with Crippen molar-refractivity contribution in [3.63, 3.8) is 0 Å². The first-order valence-corrected chi connectivity index (χ1v) is 9.72. The average Bonchev–Trinajstić information content (AvgIpc) is 3.38. The number of aromatic nitrogens is 2. The Morgan fingerprint density at radius 3 is 2.57 bits per heavy atom. The van der Waals surface area contributed by atoms with Crippen molar-refractivity contribution in [3.05, 3.63) is 65.4 Å². The van der Waals surface area contributed by atoms with Crippen LogP contribution in [-0.4, -0.2) is 42.4 Å². The fourth-order valence-corrected chi connectivity index (χ4v) is 3.89. The van der Waals surface area contributed by atoms with Crippen molar-refractivity contribution in [3.8, 4) is 22.8 Å². The van der Waals surface area contributed by atoms with Crippen LogP contribution >= 0.6 is 0 Å². The van der Waals surface area contributed by atoms with Gasteiger partial charge in [-0.05, 0) is 43.7 Å². The van der Waals surface area contributed by atoms with E-state index >= 15 is 0 Å². The molecule has 1 aliphatic rings. The Kier molecular flexibility index (Phi) is 5.35. The molecule has 0 radical (unpaired) electrons. The summed E-state index contributed by atoms with van der Waals surface area (Å²) in [6.07, 6.45) is 1.14. The van der Waals surface area contributed by atoms with Gasteiger partial charge in [-0.25, -0.2) is 0 Å². The fourth-order valence-electron chi connectivity index (χ4n) is 3.89. The predicted octanol–water partition coefficient (Wildman–Crippen LogP) is 4.39. The molecule has 5 heteroatoms. The van der Waals surface area contributed by atoms with E-state index in [2.05, 4.69) is 64.5 Å². The molecule has 1 aliphatic heterocycles. The number of likely N-dealkylation sites (tertiary alicyclic amines) is 1. The van der Waals surface area contributed by atoms with Gasteiger partial charge < -0.3 is 9.47 Å². The van der Waals surface area contributed by atoms with Crippen LogP contribution in [-0.2, 0) is 6.54 Å².